The minimum Gasteiger partial charge on any atom is -0.367 e. The molecule has 0 amide bonds. The third-order valence-electron chi connectivity index (χ3n) is 3.75. The molecule has 19 heavy (non-hydrogen) atoms. The lowest BCUT2D eigenvalue weighted by Crippen LogP contribution is -2.42. The molecule has 0 radical (unpaired) electrons. The van der Waals surface area contributed by atoms with Gasteiger partial charge < -0.3 is 15.5 Å². The summed E-state index contributed by atoms with van der Waals surface area (Å²) in [7, 11) is 2.16. The van der Waals surface area contributed by atoms with Crippen LogP contribution in [0.25, 0.3) is 0 Å². The number of hydrogen-bond acceptors (Lipinski definition) is 3. The zero-order valence-electron chi connectivity index (χ0n) is 11.8. The van der Waals surface area contributed by atoms with E-state index < -0.39 is 0 Å². The van der Waals surface area contributed by atoms with Gasteiger partial charge in [-0.15, -0.1) is 0 Å². The largest absolute Gasteiger partial charge is 0.367 e. The summed E-state index contributed by atoms with van der Waals surface area (Å²) < 4.78 is 13.1. The van der Waals surface area contributed by atoms with E-state index in [1.54, 1.807) is 0 Å². The van der Waals surface area contributed by atoms with E-state index in [0.717, 1.165) is 31.7 Å². The lowest BCUT2D eigenvalue weighted by atomic mass is 10.1. The molecule has 2 N–H and O–H groups in total. The molecule has 0 saturated carbocycles. The Hall–Kier alpha value is -1.13. The van der Waals surface area contributed by atoms with Gasteiger partial charge in [-0.3, -0.25) is 0 Å². The van der Waals surface area contributed by atoms with Crippen molar-refractivity contribution in [3.05, 3.63) is 30.1 Å². The highest BCUT2D eigenvalue weighted by Crippen LogP contribution is 2.23. The molecule has 0 aliphatic carbocycles. The first-order valence-electron chi connectivity index (χ1n) is 7.01. The van der Waals surface area contributed by atoms with E-state index in [-0.39, 0.29) is 5.82 Å². The first kappa shape index (κ1) is 14.3. The monoisotopic (exact) mass is 265 g/mol. The predicted octanol–water partition coefficient (Wildman–Crippen LogP) is 1.93. The molecule has 1 aromatic carbocycles. The zero-order valence-corrected chi connectivity index (χ0v) is 11.8. The number of benzene rings is 1. The van der Waals surface area contributed by atoms with Crippen LogP contribution in [0.4, 0.5) is 10.1 Å². The molecule has 2 atom stereocenters. The number of halogens is 1. The number of nitrogens with zero attached hydrogens (tertiary/aromatic N) is 2. The standard InChI is InChI=1S/C15H24FN3/c1-12-9-18(2)11-15(7-8-17)19(10-12)14-5-3-13(16)4-6-14/h3-6,12,15H,7-11,17H2,1-2H3. The molecule has 0 bridgehead atoms. The van der Waals surface area contributed by atoms with Crippen molar-refractivity contribution in [2.75, 3.05) is 38.1 Å². The van der Waals surface area contributed by atoms with Gasteiger partial charge in [0, 0.05) is 31.4 Å². The molecule has 3 nitrogen and oxygen atoms in total. The summed E-state index contributed by atoms with van der Waals surface area (Å²) >= 11 is 0. The summed E-state index contributed by atoms with van der Waals surface area (Å²) in [6.07, 6.45) is 0.967. The maximum absolute atomic E-state index is 13.1. The Labute approximate surface area is 115 Å². The van der Waals surface area contributed by atoms with Gasteiger partial charge in [-0.2, -0.15) is 0 Å². The summed E-state index contributed by atoms with van der Waals surface area (Å²) in [5, 5.41) is 0. The van der Waals surface area contributed by atoms with Gasteiger partial charge in [0.1, 0.15) is 5.82 Å². The molecular formula is C15H24FN3. The Morgan fingerprint density at radius 2 is 1.89 bits per heavy atom. The average molecular weight is 265 g/mol. The molecule has 0 aromatic heterocycles. The van der Waals surface area contributed by atoms with Crippen molar-refractivity contribution in [1.82, 2.24) is 4.90 Å². The van der Waals surface area contributed by atoms with Crippen molar-refractivity contribution in [2.45, 2.75) is 19.4 Å². The van der Waals surface area contributed by atoms with Gasteiger partial charge in [-0.05, 0) is 50.2 Å². The summed E-state index contributed by atoms with van der Waals surface area (Å²) in [5.74, 6) is 0.414. The minimum absolute atomic E-state index is 0.181. The van der Waals surface area contributed by atoms with Crippen molar-refractivity contribution < 1.29 is 4.39 Å². The summed E-state index contributed by atoms with van der Waals surface area (Å²) in [4.78, 5) is 4.76. The van der Waals surface area contributed by atoms with Gasteiger partial charge in [0.15, 0.2) is 0 Å². The van der Waals surface area contributed by atoms with Crippen molar-refractivity contribution in [2.24, 2.45) is 11.7 Å². The molecule has 2 rings (SSSR count). The average Bonchev–Trinajstić information content (AvgIpc) is 2.49. The minimum atomic E-state index is -0.181. The lowest BCUT2D eigenvalue weighted by molar-refractivity contribution is 0.300. The quantitative estimate of drug-likeness (QED) is 0.906. The number of rotatable bonds is 3. The third kappa shape index (κ3) is 3.67. The van der Waals surface area contributed by atoms with Crippen molar-refractivity contribution in [3.8, 4) is 0 Å². The Balaban J connectivity index is 2.23. The summed E-state index contributed by atoms with van der Waals surface area (Å²) in [5.41, 5.74) is 6.85. The van der Waals surface area contributed by atoms with Crippen molar-refractivity contribution >= 4 is 5.69 Å². The second-order valence-electron chi connectivity index (χ2n) is 5.69. The highest BCUT2D eigenvalue weighted by atomic mass is 19.1. The third-order valence-corrected chi connectivity index (χ3v) is 3.75. The van der Waals surface area contributed by atoms with E-state index in [0.29, 0.717) is 18.5 Å². The molecule has 4 heteroatoms. The first-order valence-corrected chi connectivity index (χ1v) is 7.01. The zero-order chi connectivity index (χ0) is 13.8. The Kier molecular flexibility index (Phi) is 4.77. The van der Waals surface area contributed by atoms with Crippen LogP contribution in [-0.2, 0) is 0 Å². The van der Waals surface area contributed by atoms with Crippen LogP contribution in [0.15, 0.2) is 24.3 Å². The van der Waals surface area contributed by atoms with E-state index in [1.807, 2.05) is 12.1 Å². The van der Waals surface area contributed by atoms with Crippen LogP contribution < -0.4 is 10.6 Å². The van der Waals surface area contributed by atoms with Crippen LogP contribution in [0.2, 0.25) is 0 Å². The molecule has 1 saturated heterocycles. The maximum atomic E-state index is 13.1. The van der Waals surface area contributed by atoms with Gasteiger partial charge in [-0.25, -0.2) is 4.39 Å². The predicted molar refractivity (Wildman–Crippen MR) is 77.9 cm³/mol. The fraction of sp³-hybridized carbons (Fsp3) is 0.600. The second kappa shape index (κ2) is 6.35. The van der Waals surface area contributed by atoms with E-state index in [4.69, 9.17) is 5.73 Å². The Morgan fingerprint density at radius 1 is 1.21 bits per heavy atom. The number of nitrogens with two attached hydrogens (primary N) is 1. The second-order valence-corrected chi connectivity index (χ2v) is 5.69. The molecule has 1 aliphatic rings. The van der Waals surface area contributed by atoms with Gasteiger partial charge >= 0.3 is 0 Å². The lowest BCUT2D eigenvalue weighted by Gasteiger charge is -2.33. The topological polar surface area (TPSA) is 32.5 Å². The van der Waals surface area contributed by atoms with E-state index in [1.165, 1.54) is 12.1 Å². The highest BCUT2D eigenvalue weighted by Gasteiger charge is 2.26. The van der Waals surface area contributed by atoms with E-state index in [9.17, 15) is 4.39 Å². The Bertz CT molecular complexity index is 393. The number of anilines is 1. The molecule has 1 fully saturated rings. The van der Waals surface area contributed by atoms with Crippen LogP contribution in [0, 0.1) is 11.7 Å². The molecule has 0 spiro atoms. The van der Waals surface area contributed by atoms with Gasteiger partial charge in [0.2, 0.25) is 0 Å². The highest BCUT2D eigenvalue weighted by molar-refractivity contribution is 5.47. The molecule has 1 heterocycles. The molecular weight excluding hydrogens is 241 g/mol. The summed E-state index contributed by atoms with van der Waals surface area (Å²) in [6, 6.07) is 7.22. The fourth-order valence-electron chi connectivity index (χ4n) is 3.00. The van der Waals surface area contributed by atoms with Crippen LogP contribution in [0.1, 0.15) is 13.3 Å². The molecule has 106 valence electrons. The summed E-state index contributed by atoms with van der Waals surface area (Å²) in [6.45, 7) is 6.06. The molecule has 1 aromatic rings. The van der Waals surface area contributed by atoms with Crippen LogP contribution >= 0.6 is 0 Å². The maximum Gasteiger partial charge on any atom is 0.123 e. The SMILES string of the molecule is CC1CN(C)CC(CCN)N(c2ccc(F)cc2)C1. The van der Waals surface area contributed by atoms with E-state index in [2.05, 4.69) is 23.8 Å². The van der Waals surface area contributed by atoms with Gasteiger partial charge in [0.05, 0.1) is 0 Å². The number of likely N-dealkylation sites (N-methyl/N-ethyl adjacent to an activating group) is 1. The van der Waals surface area contributed by atoms with Crippen LogP contribution in [0.3, 0.4) is 0 Å². The van der Waals surface area contributed by atoms with Gasteiger partial charge in [-0.1, -0.05) is 6.92 Å². The fourth-order valence-corrected chi connectivity index (χ4v) is 3.00. The van der Waals surface area contributed by atoms with Crippen molar-refractivity contribution in [1.29, 1.82) is 0 Å². The molecule has 1 aliphatic heterocycles. The van der Waals surface area contributed by atoms with Crippen LogP contribution in [0.5, 0.6) is 0 Å². The normalized spacial score (nSPS) is 25.4. The molecule has 2 unspecified atom stereocenters. The van der Waals surface area contributed by atoms with Gasteiger partial charge in [0.25, 0.3) is 0 Å². The number of hydrogen-bond donors (Lipinski definition) is 1. The Morgan fingerprint density at radius 3 is 2.53 bits per heavy atom. The smallest absolute Gasteiger partial charge is 0.123 e. The van der Waals surface area contributed by atoms with E-state index >= 15 is 0 Å². The van der Waals surface area contributed by atoms with Crippen LogP contribution in [-0.4, -0.2) is 44.2 Å². The van der Waals surface area contributed by atoms with Crippen molar-refractivity contribution in [3.63, 3.8) is 0 Å². The first-order chi connectivity index (χ1) is 9.10.